The minimum atomic E-state index is -0.394. The first kappa shape index (κ1) is 16.0. The number of nitrogens with one attached hydrogen (secondary N) is 2. The number of aromatic nitrogens is 3. The standard InChI is InChI=1S/C17H20N6OS/c1-10-7-11(21-13-8-12(18)19-9-20-13)16(25)23-14(10)15(24)22-17(23)5-3-2-4-6-17/h7-9H,2-6H2,1H3,(H,22,24)(H3,18,19,20,21). The van der Waals surface area contributed by atoms with Gasteiger partial charge < -0.3 is 20.9 Å². The maximum atomic E-state index is 12.6. The maximum Gasteiger partial charge on any atom is 0.270 e. The van der Waals surface area contributed by atoms with Crippen LogP contribution in [0.3, 0.4) is 0 Å². The number of hydrogen-bond donors (Lipinski definition) is 3. The monoisotopic (exact) mass is 356 g/mol. The predicted octanol–water partition coefficient (Wildman–Crippen LogP) is 3.00. The zero-order valence-corrected chi connectivity index (χ0v) is 14.8. The van der Waals surface area contributed by atoms with E-state index in [1.54, 1.807) is 6.07 Å². The molecular formula is C17H20N6OS. The molecule has 1 saturated carbocycles. The summed E-state index contributed by atoms with van der Waals surface area (Å²) >= 11 is 5.75. The number of amides is 1. The lowest BCUT2D eigenvalue weighted by Crippen LogP contribution is -2.45. The number of rotatable bonds is 2. The minimum absolute atomic E-state index is 0.0386. The Morgan fingerprint density at radius 2 is 2.04 bits per heavy atom. The average Bonchev–Trinajstić information content (AvgIpc) is 2.85. The molecule has 8 heteroatoms. The maximum absolute atomic E-state index is 12.6. The van der Waals surface area contributed by atoms with E-state index in [9.17, 15) is 4.79 Å². The molecule has 1 fully saturated rings. The summed E-state index contributed by atoms with van der Waals surface area (Å²) in [6.07, 6.45) is 6.58. The number of nitrogen functional groups attached to an aromatic ring is 1. The van der Waals surface area contributed by atoms with E-state index < -0.39 is 5.66 Å². The number of carbonyl (C=O) groups is 1. The summed E-state index contributed by atoms with van der Waals surface area (Å²) in [6.45, 7) is 1.93. The van der Waals surface area contributed by atoms with Crippen LogP contribution >= 0.6 is 12.2 Å². The average molecular weight is 356 g/mol. The van der Waals surface area contributed by atoms with Crippen molar-refractivity contribution in [3.05, 3.63) is 34.4 Å². The van der Waals surface area contributed by atoms with Gasteiger partial charge in [-0.25, -0.2) is 9.97 Å². The molecule has 0 bridgehead atoms. The predicted molar refractivity (Wildman–Crippen MR) is 98.3 cm³/mol. The second-order valence-corrected chi connectivity index (χ2v) is 7.12. The zero-order valence-electron chi connectivity index (χ0n) is 14.0. The van der Waals surface area contributed by atoms with Gasteiger partial charge in [0.2, 0.25) is 0 Å². The van der Waals surface area contributed by atoms with Crippen molar-refractivity contribution < 1.29 is 4.79 Å². The molecule has 7 nitrogen and oxygen atoms in total. The van der Waals surface area contributed by atoms with Crippen LogP contribution in [-0.4, -0.2) is 20.4 Å². The number of nitrogens with zero attached hydrogens (tertiary/aromatic N) is 3. The zero-order chi connectivity index (χ0) is 17.6. The van der Waals surface area contributed by atoms with Gasteiger partial charge in [0, 0.05) is 6.07 Å². The van der Waals surface area contributed by atoms with Gasteiger partial charge in [-0.1, -0.05) is 18.6 Å². The Labute approximate surface area is 150 Å². The van der Waals surface area contributed by atoms with E-state index in [1.165, 1.54) is 12.7 Å². The minimum Gasteiger partial charge on any atom is -0.384 e. The number of carbonyl (C=O) groups excluding carboxylic acids is 1. The van der Waals surface area contributed by atoms with Crippen LogP contribution in [0.25, 0.3) is 0 Å². The van der Waals surface area contributed by atoms with Crippen LogP contribution in [0.4, 0.5) is 17.3 Å². The molecule has 0 radical (unpaired) electrons. The summed E-state index contributed by atoms with van der Waals surface area (Å²) in [5.41, 5.74) is 7.63. The Kier molecular flexibility index (Phi) is 3.72. The van der Waals surface area contributed by atoms with E-state index in [4.69, 9.17) is 18.0 Å². The molecule has 1 spiro atoms. The van der Waals surface area contributed by atoms with Gasteiger partial charge in [0.25, 0.3) is 5.91 Å². The molecule has 2 aromatic rings. The van der Waals surface area contributed by atoms with Crippen LogP contribution in [0.15, 0.2) is 18.5 Å². The lowest BCUT2D eigenvalue weighted by atomic mass is 9.89. The molecule has 130 valence electrons. The highest BCUT2D eigenvalue weighted by Gasteiger charge is 2.44. The number of anilines is 3. The van der Waals surface area contributed by atoms with Gasteiger partial charge in [0.05, 0.1) is 5.69 Å². The van der Waals surface area contributed by atoms with E-state index >= 15 is 0 Å². The van der Waals surface area contributed by atoms with Gasteiger partial charge >= 0.3 is 0 Å². The molecule has 25 heavy (non-hydrogen) atoms. The van der Waals surface area contributed by atoms with Gasteiger partial charge in [-0.3, -0.25) is 4.79 Å². The Hall–Kier alpha value is -2.48. The third-order valence-electron chi connectivity index (χ3n) is 5.01. The third kappa shape index (κ3) is 2.57. The van der Waals surface area contributed by atoms with Crippen LogP contribution in [-0.2, 0) is 5.66 Å². The Morgan fingerprint density at radius 1 is 1.28 bits per heavy atom. The van der Waals surface area contributed by atoms with Crippen molar-refractivity contribution in [2.75, 3.05) is 11.1 Å². The highest BCUT2D eigenvalue weighted by molar-refractivity contribution is 7.71. The first-order valence-corrected chi connectivity index (χ1v) is 8.85. The Morgan fingerprint density at radius 3 is 2.76 bits per heavy atom. The number of pyridine rings is 1. The SMILES string of the molecule is Cc1cc(Nc2cc(N)ncn2)c(=S)n2c1C(=O)NC21CCCCC1. The second-order valence-electron chi connectivity index (χ2n) is 6.73. The van der Waals surface area contributed by atoms with Crippen molar-refractivity contribution in [1.29, 1.82) is 0 Å². The molecule has 4 rings (SSSR count). The van der Waals surface area contributed by atoms with Crippen LogP contribution in [0.2, 0.25) is 0 Å². The fourth-order valence-electron chi connectivity index (χ4n) is 3.91. The van der Waals surface area contributed by atoms with E-state index in [2.05, 4.69) is 20.6 Å². The van der Waals surface area contributed by atoms with Crippen LogP contribution in [0, 0.1) is 11.6 Å². The third-order valence-corrected chi connectivity index (χ3v) is 5.41. The Bertz CT molecular complexity index is 916. The smallest absolute Gasteiger partial charge is 0.270 e. The van der Waals surface area contributed by atoms with Crippen LogP contribution in [0.1, 0.15) is 48.2 Å². The largest absolute Gasteiger partial charge is 0.384 e. The summed E-state index contributed by atoms with van der Waals surface area (Å²) in [6, 6.07) is 3.55. The van der Waals surface area contributed by atoms with Gasteiger partial charge in [-0.15, -0.1) is 0 Å². The van der Waals surface area contributed by atoms with Crippen molar-refractivity contribution in [2.24, 2.45) is 0 Å². The quantitative estimate of drug-likeness (QED) is 0.716. The molecule has 1 amide bonds. The molecule has 0 atom stereocenters. The molecule has 0 unspecified atom stereocenters. The molecule has 0 aromatic carbocycles. The highest BCUT2D eigenvalue weighted by Crippen LogP contribution is 2.40. The van der Waals surface area contributed by atoms with Crippen molar-refractivity contribution in [3.8, 4) is 0 Å². The summed E-state index contributed by atoms with van der Waals surface area (Å²) in [5.74, 6) is 0.923. The normalized spacial score (nSPS) is 18.0. The first-order chi connectivity index (χ1) is 12.0. The Balaban J connectivity index is 1.84. The molecule has 3 heterocycles. The van der Waals surface area contributed by atoms with E-state index in [1.807, 2.05) is 17.6 Å². The number of nitrogens with two attached hydrogens (primary N) is 1. The molecule has 2 aromatic heterocycles. The van der Waals surface area contributed by atoms with Gasteiger partial charge in [-0.2, -0.15) is 0 Å². The van der Waals surface area contributed by atoms with Crippen molar-refractivity contribution in [2.45, 2.75) is 44.7 Å². The fraction of sp³-hybridized carbons (Fsp3) is 0.412. The highest BCUT2D eigenvalue weighted by atomic mass is 32.1. The summed E-state index contributed by atoms with van der Waals surface area (Å²) < 4.78 is 2.63. The van der Waals surface area contributed by atoms with E-state index in [-0.39, 0.29) is 5.91 Å². The molecular weight excluding hydrogens is 336 g/mol. The number of aryl methyl sites for hydroxylation is 1. The van der Waals surface area contributed by atoms with Crippen molar-refractivity contribution >= 4 is 35.4 Å². The van der Waals surface area contributed by atoms with Crippen molar-refractivity contribution in [1.82, 2.24) is 19.9 Å². The summed E-state index contributed by atoms with van der Waals surface area (Å²) in [7, 11) is 0. The molecule has 2 aliphatic rings. The topological polar surface area (TPSA) is 97.9 Å². The number of fused-ring (bicyclic) bond motifs is 2. The molecule has 1 aliphatic carbocycles. The van der Waals surface area contributed by atoms with Crippen LogP contribution in [0.5, 0.6) is 0 Å². The van der Waals surface area contributed by atoms with Gasteiger partial charge in [0.15, 0.2) is 0 Å². The van der Waals surface area contributed by atoms with Crippen molar-refractivity contribution in [3.63, 3.8) is 0 Å². The summed E-state index contributed by atoms with van der Waals surface area (Å²) in [5, 5.41) is 6.43. The van der Waals surface area contributed by atoms with E-state index in [0.29, 0.717) is 22.0 Å². The van der Waals surface area contributed by atoms with Gasteiger partial charge in [0.1, 0.15) is 34.0 Å². The molecule has 4 N–H and O–H groups in total. The van der Waals surface area contributed by atoms with Gasteiger partial charge in [-0.05, 0) is 44.2 Å². The second kappa shape index (κ2) is 5.80. The molecule has 0 saturated heterocycles. The molecule has 1 aliphatic heterocycles. The summed E-state index contributed by atoms with van der Waals surface area (Å²) in [4.78, 5) is 20.7. The van der Waals surface area contributed by atoms with Crippen LogP contribution < -0.4 is 16.4 Å². The number of hydrogen-bond acceptors (Lipinski definition) is 6. The van der Waals surface area contributed by atoms with E-state index in [0.717, 1.165) is 36.9 Å². The lowest BCUT2D eigenvalue weighted by Gasteiger charge is -2.36. The lowest BCUT2D eigenvalue weighted by molar-refractivity contribution is 0.0878. The fourth-order valence-corrected chi connectivity index (χ4v) is 4.29. The first-order valence-electron chi connectivity index (χ1n) is 8.44.